The van der Waals surface area contributed by atoms with Crippen molar-refractivity contribution in [1.29, 1.82) is 0 Å². The summed E-state index contributed by atoms with van der Waals surface area (Å²) in [6, 6.07) is 12.6. The first-order chi connectivity index (χ1) is 10.8. The van der Waals surface area contributed by atoms with Crippen LogP contribution in [-0.4, -0.2) is 26.0 Å². The number of thioether (sulfide) groups is 1. The Kier molecular flexibility index (Phi) is 3.62. The van der Waals surface area contributed by atoms with E-state index in [1.54, 1.807) is 0 Å². The normalized spacial score (nSPS) is 18.1. The van der Waals surface area contributed by atoms with Gasteiger partial charge in [0.2, 0.25) is 0 Å². The predicted molar refractivity (Wildman–Crippen MR) is 92.5 cm³/mol. The van der Waals surface area contributed by atoms with E-state index in [9.17, 15) is 0 Å². The largest absolute Gasteiger partial charge is 0.308 e. The van der Waals surface area contributed by atoms with Crippen LogP contribution in [0.3, 0.4) is 0 Å². The van der Waals surface area contributed by atoms with Crippen molar-refractivity contribution in [3.8, 4) is 0 Å². The summed E-state index contributed by atoms with van der Waals surface area (Å²) in [5.74, 6) is 4.19. The van der Waals surface area contributed by atoms with Crippen LogP contribution in [0.1, 0.15) is 29.3 Å². The number of nitrogens with zero attached hydrogens (tertiary/aromatic N) is 3. The molecule has 1 atom stereocenters. The quantitative estimate of drug-likeness (QED) is 0.732. The van der Waals surface area contributed by atoms with E-state index in [1.165, 1.54) is 34.9 Å². The maximum atomic E-state index is 4.91. The molecular formula is C18H19N3S. The summed E-state index contributed by atoms with van der Waals surface area (Å²) in [5, 5.41) is 0. The van der Waals surface area contributed by atoms with Crippen molar-refractivity contribution >= 4 is 22.9 Å². The Morgan fingerprint density at radius 3 is 2.95 bits per heavy atom. The molecule has 2 aromatic heterocycles. The smallest absolute Gasteiger partial charge is 0.160 e. The lowest BCUT2D eigenvalue weighted by Crippen LogP contribution is -2.11. The van der Waals surface area contributed by atoms with Crippen molar-refractivity contribution in [2.75, 3.05) is 11.5 Å². The molecule has 1 unspecified atom stereocenters. The lowest BCUT2D eigenvalue weighted by molar-refractivity contribution is 0.648. The lowest BCUT2D eigenvalue weighted by Gasteiger charge is -2.14. The predicted octanol–water partition coefficient (Wildman–Crippen LogP) is 4.01. The molecule has 0 amide bonds. The highest BCUT2D eigenvalue weighted by Gasteiger charge is 2.24. The summed E-state index contributed by atoms with van der Waals surface area (Å²) < 4.78 is 2.33. The van der Waals surface area contributed by atoms with Gasteiger partial charge >= 0.3 is 0 Å². The monoisotopic (exact) mass is 309 g/mol. The zero-order chi connectivity index (χ0) is 14.9. The first kappa shape index (κ1) is 13.8. The second-order valence-electron chi connectivity index (χ2n) is 5.89. The van der Waals surface area contributed by atoms with E-state index in [2.05, 4.69) is 46.8 Å². The average molecular weight is 309 g/mol. The molecule has 22 heavy (non-hydrogen) atoms. The molecule has 1 aliphatic rings. The number of hydrogen-bond donors (Lipinski definition) is 0. The van der Waals surface area contributed by atoms with Gasteiger partial charge in [0.15, 0.2) is 5.65 Å². The first-order valence-corrected chi connectivity index (χ1v) is 8.92. The highest BCUT2D eigenvalue weighted by Crippen LogP contribution is 2.33. The van der Waals surface area contributed by atoms with E-state index in [4.69, 9.17) is 4.98 Å². The molecule has 3 aromatic rings. The number of imidazole rings is 1. The maximum Gasteiger partial charge on any atom is 0.160 e. The van der Waals surface area contributed by atoms with Gasteiger partial charge in [-0.05, 0) is 42.4 Å². The molecule has 112 valence electrons. The van der Waals surface area contributed by atoms with Crippen molar-refractivity contribution in [1.82, 2.24) is 14.5 Å². The summed E-state index contributed by atoms with van der Waals surface area (Å²) in [4.78, 5) is 9.50. The highest BCUT2D eigenvalue weighted by atomic mass is 32.2. The minimum Gasteiger partial charge on any atom is -0.308 e. The molecule has 4 heteroatoms. The molecule has 4 rings (SSSR count). The molecule has 0 aliphatic carbocycles. The summed E-state index contributed by atoms with van der Waals surface area (Å²) >= 11 is 2.03. The number of rotatable bonds is 3. The van der Waals surface area contributed by atoms with Crippen LogP contribution in [0.4, 0.5) is 0 Å². The van der Waals surface area contributed by atoms with Crippen molar-refractivity contribution in [2.45, 2.75) is 25.8 Å². The molecule has 0 saturated carbocycles. The minimum atomic E-state index is 0.559. The Labute approximate surface area is 134 Å². The first-order valence-electron chi connectivity index (χ1n) is 7.76. The second kappa shape index (κ2) is 5.76. The molecule has 1 fully saturated rings. The lowest BCUT2D eigenvalue weighted by atomic mass is 10.1. The van der Waals surface area contributed by atoms with E-state index in [0.29, 0.717) is 5.92 Å². The summed E-state index contributed by atoms with van der Waals surface area (Å²) in [7, 11) is 0. The van der Waals surface area contributed by atoms with Crippen molar-refractivity contribution in [3.05, 3.63) is 59.5 Å². The standard InChI is InChI=1S/C18H19N3S/c1-13-5-2-3-6-14(13)11-21-17(15-8-10-22-12-15)20-16-7-4-9-19-18(16)21/h2-7,9,15H,8,10-12H2,1H3. The molecule has 1 aliphatic heterocycles. The third-order valence-electron chi connectivity index (χ3n) is 4.42. The van der Waals surface area contributed by atoms with Gasteiger partial charge in [0.25, 0.3) is 0 Å². The average Bonchev–Trinajstić information content (AvgIpc) is 3.17. The molecule has 1 aromatic carbocycles. The summed E-state index contributed by atoms with van der Waals surface area (Å²) in [6.07, 6.45) is 3.09. The van der Waals surface area contributed by atoms with Crippen LogP contribution >= 0.6 is 11.8 Å². The van der Waals surface area contributed by atoms with E-state index in [-0.39, 0.29) is 0 Å². The summed E-state index contributed by atoms with van der Waals surface area (Å²) in [5.41, 5.74) is 4.70. The van der Waals surface area contributed by atoms with Crippen LogP contribution in [0.5, 0.6) is 0 Å². The number of fused-ring (bicyclic) bond motifs is 1. The molecule has 3 nitrogen and oxygen atoms in total. The zero-order valence-corrected chi connectivity index (χ0v) is 13.5. The van der Waals surface area contributed by atoms with Crippen LogP contribution < -0.4 is 0 Å². The number of benzene rings is 1. The van der Waals surface area contributed by atoms with Crippen LogP contribution in [0.25, 0.3) is 11.2 Å². The Bertz CT molecular complexity index is 803. The van der Waals surface area contributed by atoms with E-state index < -0.39 is 0 Å². The fraction of sp³-hybridized carbons (Fsp3) is 0.333. The van der Waals surface area contributed by atoms with Gasteiger partial charge in [0.05, 0.1) is 6.54 Å². The van der Waals surface area contributed by atoms with Gasteiger partial charge in [-0.15, -0.1) is 0 Å². The van der Waals surface area contributed by atoms with Gasteiger partial charge in [0, 0.05) is 17.9 Å². The Morgan fingerprint density at radius 2 is 2.14 bits per heavy atom. The number of hydrogen-bond acceptors (Lipinski definition) is 3. The number of aromatic nitrogens is 3. The van der Waals surface area contributed by atoms with E-state index in [1.807, 2.05) is 24.0 Å². The van der Waals surface area contributed by atoms with Crippen LogP contribution in [-0.2, 0) is 6.54 Å². The van der Waals surface area contributed by atoms with Crippen molar-refractivity contribution in [2.24, 2.45) is 0 Å². The molecule has 3 heterocycles. The maximum absolute atomic E-state index is 4.91. The molecule has 0 radical (unpaired) electrons. The fourth-order valence-electron chi connectivity index (χ4n) is 3.14. The molecular weight excluding hydrogens is 290 g/mol. The van der Waals surface area contributed by atoms with Gasteiger partial charge in [-0.2, -0.15) is 11.8 Å². The Morgan fingerprint density at radius 1 is 1.23 bits per heavy atom. The SMILES string of the molecule is Cc1ccccc1Cn1c(C2CCSC2)nc2cccnc21. The Balaban J connectivity index is 1.83. The van der Waals surface area contributed by atoms with Crippen LogP contribution in [0.15, 0.2) is 42.6 Å². The number of pyridine rings is 1. The molecule has 0 spiro atoms. The molecule has 0 N–H and O–H groups in total. The van der Waals surface area contributed by atoms with Gasteiger partial charge in [-0.1, -0.05) is 24.3 Å². The Hall–Kier alpha value is -1.81. The number of aryl methyl sites for hydroxylation is 1. The third-order valence-corrected chi connectivity index (χ3v) is 5.58. The fourth-order valence-corrected chi connectivity index (χ4v) is 4.36. The van der Waals surface area contributed by atoms with Gasteiger partial charge < -0.3 is 4.57 Å². The van der Waals surface area contributed by atoms with Gasteiger partial charge in [0.1, 0.15) is 11.3 Å². The van der Waals surface area contributed by atoms with Gasteiger partial charge in [-0.25, -0.2) is 9.97 Å². The summed E-state index contributed by atoms with van der Waals surface area (Å²) in [6.45, 7) is 3.03. The topological polar surface area (TPSA) is 30.7 Å². The van der Waals surface area contributed by atoms with E-state index >= 15 is 0 Å². The van der Waals surface area contributed by atoms with Crippen LogP contribution in [0, 0.1) is 6.92 Å². The second-order valence-corrected chi connectivity index (χ2v) is 7.04. The molecule has 1 saturated heterocycles. The van der Waals surface area contributed by atoms with E-state index in [0.717, 1.165) is 17.7 Å². The minimum absolute atomic E-state index is 0.559. The van der Waals surface area contributed by atoms with Gasteiger partial charge in [-0.3, -0.25) is 0 Å². The van der Waals surface area contributed by atoms with Crippen molar-refractivity contribution in [3.63, 3.8) is 0 Å². The highest BCUT2D eigenvalue weighted by molar-refractivity contribution is 7.99. The third kappa shape index (κ3) is 2.41. The van der Waals surface area contributed by atoms with Crippen molar-refractivity contribution < 1.29 is 0 Å². The molecule has 0 bridgehead atoms. The zero-order valence-electron chi connectivity index (χ0n) is 12.7. The van der Waals surface area contributed by atoms with Crippen LogP contribution in [0.2, 0.25) is 0 Å².